The molecule has 1 heterocycles. The van der Waals surface area contributed by atoms with E-state index >= 15 is 0 Å². The molecule has 0 saturated carbocycles. The number of amides is 3. The average Bonchev–Trinajstić information content (AvgIpc) is 3.06. The fraction of sp³-hybridized carbons (Fsp3) is 0.286. The van der Waals surface area contributed by atoms with E-state index in [1.54, 1.807) is 29.2 Å². The zero-order valence-corrected chi connectivity index (χ0v) is 15.7. The highest BCUT2D eigenvalue weighted by Gasteiger charge is 2.21. The Kier molecular flexibility index (Phi) is 6.03. The van der Waals surface area contributed by atoms with Gasteiger partial charge in [-0.1, -0.05) is 18.2 Å². The first-order valence-corrected chi connectivity index (χ1v) is 9.10. The number of carbonyl (C=O) groups excluding carboxylic acids is 3. The molecule has 0 unspecified atom stereocenters. The molecule has 3 rings (SSSR count). The molecule has 1 fully saturated rings. The van der Waals surface area contributed by atoms with E-state index in [4.69, 9.17) is 0 Å². The predicted molar refractivity (Wildman–Crippen MR) is 103 cm³/mol. The van der Waals surface area contributed by atoms with Crippen LogP contribution in [0.2, 0.25) is 0 Å². The molecule has 7 heteroatoms. The van der Waals surface area contributed by atoms with Gasteiger partial charge in [0.25, 0.3) is 5.91 Å². The number of hydrogen-bond donors (Lipinski definition) is 1. The highest BCUT2D eigenvalue weighted by Crippen LogP contribution is 2.16. The lowest BCUT2D eigenvalue weighted by molar-refractivity contribution is -0.128. The molecule has 1 N–H and O–H groups in total. The molecule has 6 nitrogen and oxygen atoms in total. The Morgan fingerprint density at radius 3 is 2.68 bits per heavy atom. The van der Waals surface area contributed by atoms with Crippen LogP contribution in [0.4, 0.5) is 10.1 Å². The molecule has 0 spiro atoms. The molecule has 146 valence electrons. The number of carbonyl (C=O) groups is 3. The second kappa shape index (κ2) is 8.65. The predicted octanol–water partition coefficient (Wildman–Crippen LogP) is 2.66. The summed E-state index contributed by atoms with van der Waals surface area (Å²) in [7, 11) is 1.53. The summed E-state index contributed by atoms with van der Waals surface area (Å²) < 4.78 is 13.2. The first-order valence-electron chi connectivity index (χ1n) is 9.10. The number of halogens is 1. The number of benzene rings is 2. The number of anilines is 1. The van der Waals surface area contributed by atoms with Gasteiger partial charge in [0.15, 0.2) is 0 Å². The van der Waals surface area contributed by atoms with Crippen LogP contribution in [0.25, 0.3) is 0 Å². The summed E-state index contributed by atoms with van der Waals surface area (Å²) in [5, 5.41) is 2.57. The molecule has 1 aliphatic rings. The summed E-state index contributed by atoms with van der Waals surface area (Å²) in [4.78, 5) is 39.6. The van der Waals surface area contributed by atoms with Gasteiger partial charge in [0.2, 0.25) is 11.8 Å². The molecule has 0 bridgehead atoms. The van der Waals surface area contributed by atoms with Crippen LogP contribution in [0.3, 0.4) is 0 Å². The fourth-order valence-electron chi connectivity index (χ4n) is 3.17. The van der Waals surface area contributed by atoms with Gasteiger partial charge in [-0.25, -0.2) is 4.39 Å². The van der Waals surface area contributed by atoms with Gasteiger partial charge in [0.05, 0.1) is 6.54 Å². The van der Waals surface area contributed by atoms with Crippen molar-refractivity contribution in [2.75, 3.05) is 25.5 Å². The highest BCUT2D eigenvalue weighted by atomic mass is 19.1. The minimum Gasteiger partial charge on any atom is -0.338 e. The summed E-state index contributed by atoms with van der Waals surface area (Å²) in [5.74, 6) is -1.04. The van der Waals surface area contributed by atoms with Gasteiger partial charge in [-0.3, -0.25) is 14.4 Å². The maximum atomic E-state index is 13.2. The SMILES string of the molecule is CN(CC(=O)Nc1cccc(F)c1)C(=O)c1cccc(CN2CCCC2=O)c1. The largest absolute Gasteiger partial charge is 0.338 e. The number of nitrogens with zero attached hydrogens (tertiary/aromatic N) is 2. The lowest BCUT2D eigenvalue weighted by Crippen LogP contribution is -2.35. The lowest BCUT2D eigenvalue weighted by Gasteiger charge is -2.19. The molecule has 0 aliphatic carbocycles. The quantitative estimate of drug-likeness (QED) is 0.834. The molecule has 1 saturated heterocycles. The van der Waals surface area contributed by atoms with Crippen LogP contribution in [0.15, 0.2) is 48.5 Å². The van der Waals surface area contributed by atoms with Gasteiger partial charge in [-0.15, -0.1) is 0 Å². The molecule has 2 aromatic carbocycles. The number of likely N-dealkylation sites (N-methyl/N-ethyl adjacent to an activating group) is 1. The van der Waals surface area contributed by atoms with Crippen molar-refractivity contribution >= 4 is 23.4 Å². The van der Waals surface area contributed by atoms with Crippen LogP contribution in [0.1, 0.15) is 28.8 Å². The van der Waals surface area contributed by atoms with Crippen LogP contribution in [0.5, 0.6) is 0 Å². The number of rotatable bonds is 6. The molecule has 2 aromatic rings. The monoisotopic (exact) mass is 383 g/mol. The van der Waals surface area contributed by atoms with E-state index in [2.05, 4.69) is 5.32 Å². The summed E-state index contributed by atoms with van der Waals surface area (Å²) in [6.45, 7) is 1.05. The minimum absolute atomic E-state index is 0.128. The third kappa shape index (κ3) is 4.94. The Labute approximate surface area is 162 Å². The van der Waals surface area contributed by atoms with Crippen LogP contribution < -0.4 is 5.32 Å². The Hall–Kier alpha value is -3.22. The molecule has 0 radical (unpaired) electrons. The van der Waals surface area contributed by atoms with Crippen LogP contribution in [-0.2, 0) is 16.1 Å². The zero-order valence-electron chi connectivity index (χ0n) is 15.7. The van der Waals surface area contributed by atoms with E-state index in [9.17, 15) is 18.8 Å². The minimum atomic E-state index is -0.449. The van der Waals surface area contributed by atoms with Crippen molar-refractivity contribution in [3.05, 3.63) is 65.5 Å². The van der Waals surface area contributed by atoms with Crippen molar-refractivity contribution in [1.29, 1.82) is 0 Å². The maximum absolute atomic E-state index is 13.2. The van der Waals surface area contributed by atoms with Crippen molar-refractivity contribution in [3.8, 4) is 0 Å². The summed E-state index contributed by atoms with van der Waals surface area (Å²) in [6.07, 6.45) is 1.43. The third-order valence-corrected chi connectivity index (χ3v) is 4.55. The molecule has 1 aliphatic heterocycles. The van der Waals surface area contributed by atoms with E-state index in [-0.39, 0.29) is 18.4 Å². The van der Waals surface area contributed by atoms with Gasteiger partial charge in [-0.2, -0.15) is 0 Å². The van der Waals surface area contributed by atoms with Gasteiger partial charge in [-0.05, 0) is 42.3 Å². The molecule has 28 heavy (non-hydrogen) atoms. The number of nitrogens with one attached hydrogen (secondary N) is 1. The van der Waals surface area contributed by atoms with Crippen molar-refractivity contribution in [2.45, 2.75) is 19.4 Å². The van der Waals surface area contributed by atoms with E-state index < -0.39 is 11.7 Å². The zero-order chi connectivity index (χ0) is 20.1. The number of likely N-dealkylation sites (tertiary alicyclic amines) is 1. The van der Waals surface area contributed by atoms with Gasteiger partial charge >= 0.3 is 0 Å². The second-order valence-corrected chi connectivity index (χ2v) is 6.84. The molecule has 0 atom stereocenters. The summed E-state index contributed by atoms with van der Waals surface area (Å²) in [5.41, 5.74) is 1.66. The van der Waals surface area contributed by atoms with E-state index in [0.717, 1.165) is 18.5 Å². The van der Waals surface area contributed by atoms with Crippen molar-refractivity contribution < 1.29 is 18.8 Å². The molecule has 0 aromatic heterocycles. The van der Waals surface area contributed by atoms with E-state index in [1.165, 1.54) is 30.1 Å². The van der Waals surface area contributed by atoms with Crippen LogP contribution in [0, 0.1) is 5.82 Å². The Balaban J connectivity index is 1.60. The van der Waals surface area contributed by atoms with Gasteiger partial charge in [0, 0.05) is 37.8 Å². The lowest BCUT2D eigenvalue weighted by atomic mass is 10.1. The van der Waals surface area contributed by atoms with Gasteiger partial charge in [0.1, 0.15) is 5.82 Å². The summed E-state index contributed by atoms with van der Waals surface area (Å²) in [6, 6.07) is 12.6. The summed E-state index contributed by atoms with van der Waals surface area (Å²) >= 11 is 0. The topological polar surface area (TPSA) is 69.7 Å². The van der Waals surface area contributed by atoms with Crippen LogP contribution >= 0.6 is 0 Å². The van der Waals surface area contributed by atoms with Crippen LogP contribution in [-0.4, -0.2) is 47.7 Å². The second-order valence-electron chi connectivity index (χ2n) is 6.84. The smallest absolute Gasteiger partial charge is 0.254 e. The molecular formula is C21H22FN3O3. The first kappa shape index (κ1) is 19.5. The normalized spacial score (nSPS) is 13.5. The van der Waals surface area contributed by atoms with E-state index in [1.807, 2.05) is 6.07 Å². The standard InChI is InChI=1S/C21H22FN3O3/c1-24(14-19(26)23-18-8-3-7-17(22)12-18)21(28)16-6-2-5-15(11-16)13-25-10-4-9-20(25)27/h2-3,5-8,11-12H,4,9-10,13-14H2,1H3,(H,23,26). The maximum Gasteiger partial charge on any atom is 0.254 e. The van der Waals surface area contributed by atoms with Gasteiger partial charge < -0.3 is 15.1 Å². The first-order chi connectivity index (χ1) is 13.4. The van der Waals surface area contributed by atoms with E-state index in [0.29, 0.717) is 24.2 Å². The Morgan fingerprint density at radius 1 is 1.18 bits per heavy atom. The fourth-order valence-corrected chi connectivity index (χ4v) is 3.17. The number of hydrogen-bond acceptors (Lipinski definition) is 3. The van der Waals surface area contributed by atoms with Crippen molar-refractivity contribution in [3.63, 3.8) is 0 Å². The average molecular weight is 383 g/mol. The van der Waals surface area contributed by atoms with Crippen molar-refractivity contribution in [1.82, 2.24) is 9.80 Å². The molecular weight excluding hydrogens is 361 g/mol. The highest BCUT2D eigenvalue weighted by molar-refractivity contribution is 5.99. The Bertz CT molecular complexity index is 900. The van der Waals surface area contributed by atoms with Crippen molar-refractivity contribution in [2.24, 2.45) is 0 Å². The Morgan fingerprint density at radius 2 is 1.96 bits per heavy atom. The third-order valence-electron chi connectivity index (χ3n) is 4.55. The molecule has 3 amide bonds.